The van der Waals surface area contributed by atoms with Crippen molar-refractivity contribution in [1.29, 1.82) is 0 Å². The van der Waals surface area contributed by atoms with Crippen LogP contribution in [0.4, 0.5) is 0 Å². The fraction of sp³-hybridized carbons (Fsp3) is 0.765. The lowest BCUT2D eigenvalue weighted by molar-refractivity contribution is 0.0668. The van der Waals surface area contributed by atoms with Gasteiger partial charge in [-0.05, 0) is 45.3 Å². The SMILES string of the molecule is CCCCN(C)CC1CCN(C(=O)c2csc(CCN)n2)CC1. The predicted octanol–water partition coefficient (Wildman–Crippen LogP) is 2.23. The third-order valence-electron chi connectivity index (χ3n) is 4.49. The molecule has 0 spiro atoms. The van der Waals surface area contributed by atoms with Gasteiger partial charge in [-0.3, -0.25) is 4.79 Å². The Morgan fingerprint density at radius 1 is 1.48 bits per heavy atom. The quantitative estimate of drug-likeness (QED) is 0.789. The second-order valence-corrected chi connectivity index (χ2v) is 7.46. The van der Waals surface area contributed by atoms with Gasteiger partial charge >= 0.3 is 0 Å². The first-order valence-electron chi connectivity index (χ1n) is 8.76. The fourth-order valence-electron chi connectivity index (χ4n) is 3.09. The third-order valence-corrected chi connectivity index (χ3v) is 5.40. The van der Waals surface area contributed by atoms with Gasteiger partial charge in [0.2, 0.25) is 0 Å². The van der Waals surface area contributed by atoms with E-state index in [1.807, 2.05) is 10.3 Å². The molecule has 0 aromatic carbocycles. The Bertz CT molecular complexity index is 483. The van der Waals surface area contributed by atoms with Crippen LogP contribution >= 0.6 is 11.3 Å². The van der Waals surface area contributed by atoms with Crippen LogP contribution < -0.4 is 5.73 Å². The van der Waals surface area contributed by atoms with Crippen LogP contribution in [-0.2, 0) is 6.42 Å². The van der Waals surface area contributed by atoms with Gasteiger partial charge in [0.25, 0.3) is 5.91 Å². The van der Waals surface area contributed by atoms with Gasteiger partial charge < -0.3 is 15.5 Å². The van der Waals surface area contributed by atoms with E-state index >= 15 is 0 Å². The van der Waals surface area contributed by atoms with Crippen LogP contribution in [0, 0.1) is 5.92 Å². The van der Waals surface area contributed by atoms with E-state index in [0.717, 1.165) is 43.9 Å². The van der Waals surface area contributed by atoms with Gasteiger partial charge in [0.1, 0.15) is 5.69 Å². The Labute approximate surface area is 143 Å². The molecule has 1 amide bonds. The van der Waals surface area contributed by atoms with Crippen molar-refractivity contribution in [3.8, 4) is 0 Å². The highest BCUT2D eigenvalue weighted by Crippen LogP contribution is 2.21. The van der Waals surface area contributed by atoms with Crippen LogP contribution in [0.1, 0.15) is 48.1 Å². The van der Waals surface area contributed by atoms with Crippen molar-refractivity contribution in [2.75, 3.05) is 39.8 Å². The number of carbonyl (C=O) groups excluding carboxylic acids is 1. The average Bonchev–Trinajstić information content (AvgIpc) is 3.02. The van der Waals surface area contributed by atoms with E-state index in [1.165, 1.54) is 30.7 Å². The van der Waals surface area contributed by atoms with Crippen molar-refractivity contribution in [3.63, 3.8) is 0 Å². The summed E-state index contributed by atoms with van der Waals surface area (Å²) in [7, 11) is 2.21. The zero-order valence-corrected chi connectivity index (χ0v) is 15.3. The number of rotatable bonds is 8. The number of hydrogen-bond donors (Lipinski definition) is 1. The summed E-state index contributed by atoms with van der Waals surface area (Å²) in [5.41, 5.74) is 6.14. The molecule has 1 saturated heterocycles. The average molecular weight is 339 g/mol. The van der Waals surface area contributed by atoms with Gasteiger partial charge in [0.05, 0.1) is 5.01 Å². The molecule has 0 atom stereocenters. The number of amides is 1. The molecular weight excluding hydrogens is 308 g/mol. The molecule has 1 fully saturated rings. The molecule has 1 aromatic heterocycles. The summed E-state index contributed by atoms with van der Waals surface area (Å²) in [6.45, 7) is 6.86. The van der Waals surface area contributed by atoms with Crippen molar-refractivity contribution in [2.24, 2.45) is 11.7 Å². The number of aromatic nitrogens is 1. The van der Waals surface area contributed by atoms with Crippen molar-refractivity contribution in [3.05, 3.63) is 16.1 Å². The number of nitrogens with zero attached hydrogens (tertiary/aromatic N) is 3. The van der Waals surface area contributed by atoms with Crippen LogP contribution in [0.2, 0.25) is 0 Å². The number of unbranched alkanes of at least 4 members (excludes halogenated alkanes) is 1. The molecule has 2 heterocycles. The van der Waals surface area contributed by atoms with Gasteiger partial charge in [0.15, 0.2) is 0 Å². The second kappa shape index (κ2) is 9.35. The molecule has 1 aliphatic heterocycles. The number of hydrogen-bond acceptors (Lipinski definition) is 5. The van der Waals surface area contributed by atoms with Gasteiger partial charge in [-0.2, -0.15) is 0 Å². The Morgan fingerprint density at radius 2 is 2.22 bits per heavy atom. The van der Waals surface area contributed by atoms with Crippen LogP contribution in [0.25, 0.3) is 0 Å². The Morgan fingerprint density at radius 3 is 2.87 bits per heavy atom. The van der Waals surface area contributed by atoms with Crippen LogP contribution in [0.15, 0.2) is 5.38 Å². The molecule has 130 valence electrons. The standard InChI is InChI=1S/C17H30N4OS/c1-3-4-9-20(2)12-14-6-10-21(11-7-14)17(22)15-13-23-16(19-15)5-8-18/h13-14H,3-12,18H2,1-2H3. The summed E-state index contributed by atoms with van der Waals surface area (Å²) in [5, 5.41) is 2.83. The summed E-state index contributed by atoms with van der Waals surface area (Å²) in [6.07, 6.45) is 5.47. The van der Waals surface area contributed by atoms with Gasteiger partial charge in [-0.25, -0.2) is 4.98 Å². The highest BCUT2D eigenvalue weighted by atomic mass is 32.1. The van der Waals surface area contributed by atoms with Crippen molar-refractivity contribution in [1.82, 2.24) is 14.8 Å². The van der Waals surface area contributed by atoms with E-state index in [0.29, 0.717) is 18.2 Å². The highest BCUT2D eigenvalue weighted by Gasteiger charge is 2.25. The topological polar surface area (TPSA) is 62.5 Å². The lowest BCUT2D eigenvalue weighted by Gasteiger charge is -2.33. The zero-order chi connectivity index (χ0) is 16.7. The molecule has 5 nitrogen and oxygen atoms in total. The minimum atomic E-state index is 0.0855. The Balaban J connectivity index is 1.77. The van der Waals surface area contributed by atoms with E-state index in [2.05, 4.69) is 23.9 Å². The molecule has 0 unspecified atom stereocenters. The molecule has 0 bridgehead atoms. The molecule has 2 N–H and O–H groups in total. The summed E-state index contributed by atoms with van der Waals surface area (Å²) in [5.74, 6) is 0.798. The summed E-state index contributed by atoms with van der Waals surface area (Å²) in [6, 6.07) is 0. The smallest absolute Gasteiger partial charge is 0.273 e. The summed E-state index contributed by atoms with van der Waals surface area (Å²) < 4.78 is 0. The molecule has 0 aliphatic carbocycles. The maximum absolute atomic E-state index is 12.5. The van der Waals surface area contributed by atoms with Crippen LogP contribution in [0.3, 0.4) is 0 Å². The number of carbonyl (C=O) groups is 1. The summed E-state index contributed by atoms with van der Waals surface area (Å²) >= 11 is 1.54. The molecular formula is C17H30N4OS. The molecule has 1 aromatic rings. The third kappa shape index (κ3) is 5.55. The van der Waals surface area contributed by atoms with Crippen LogP contribution in [0.5, 0.6) is 0 Å². The van der Waals surface area contributed by atoms with Gasteiger partial charge in [-0.1, -0.05) is 13.3 Å². The maximum Gasteiger partial charge on any atom is 0.273 e. The first-order valence-corrected chi connectivity index (χ1v) is 9.64. The normalized spacial score (nSPS) is 16.3. The minimum Gasteiger partial charge on any atom is -0.337 e. The summed E-state index contributed by atoms with van der Waals surface area (Å²) in [4.78, 5) is 21.3. The molecule has 0 saturated carbocycles. The highest BCUT2D eigenvalue weighted by molar-refractivity contribution is 7.09. The Hall–Kier alpha value is -0.980. The number of likely N-dealkylation sites (tertiary alicyclic amines) is 1. The first kappa shape index (κ1) is 18.4. The van der Waals surface area contributed by atoms with E-state index in [4.69, 9.17) is 5.73 Å². The molecule has 6 heteroatoms. The number of thiazole rings is 1. The molecule has 2 rings (SSSR count). The second-order valence-electron chi connectivity index (χ2n) is 6.52. The van der Waals surface area contributed by atoms with Crippen molar-refractivity contribution >= 4 is 17.2 Å². The first-order chi connectivity index (χ1) is 11.1. The number of nitrogens with two attached hydrogens (primary N) is 1. The van der Waals surface area contributed by atoms with Crippen molar-refractivity contribution in [2.45, 2.75) is 39.0 Å². The maximum atomic E-state index is 12.5. The monoisotopic (exact) mass is 338 g/mol. The lowest BCUT2D eigenvalue weighted by atomic mass is 9.96. The van der Waals surface area contributed by atoms with Crippen LogP contribution in [-0.4, -0.2) is 60.5 Å². The molecule has 0 radical (unpaired) electrons. The zero-order valence-electron chi connectivity index (χ0n) is 14.5. The van der Waals surface area contributed by atoms with Gasteiger partial charge in [-0.15, -0.1) is 11.3 Å². The molecule has 1 aliphatic rings. The van der Waals surface area contributed by atoms with Crippen molar-refractivity contribution < 1.29 is 4.79 Å². The minimum absolute atomic E-state index is 0.0855. The molecule has 23 heavy (non-hydrogen) atoms. The van der Waals surface area contributed by atoms with E-state index in [1.54, 1.807) is 0 Å². The van der Waals surface area contributed by atoms with E-state index in [-0.39, 0.29) is 5.91 Å². The van der Waals surface area contributed by atoms with Gasteiger partial charge in [0, 0.05) is 31.4 Å². The number of piperidine rings is 1. The predicted molar refractivity (Wildman–Crippen MR) is 95.9 cm³/mol. The lowest BCUT2D eigenvalue weighted by Crippen LogP contribution is -2.41. The largest absolute Gasteiger partial charge is 0.337 e. The Kier molecular flexibility index (Phi) is 7.46. The van der Waals surface area contributed by atoms with E-state index < -0.39 is 0 Å². The van der Waals surface area contributed by atoms with E-state index in [9.17, 15) is 4.79 Å². The fourth-order valence-corrected chi connectivity index (χ4v) is 3.88.